The summed E-state index contributed by atoms with van der Waals surface area (Å²) in [5.41, 5.74) is 1.65. The highest BCUT2D eigenvalue weighted by Crippen LogP contribution is 2.27. The van der Waals surface area contributed by atoms with Gasteiger partial charge in [0.05, 0.1) is 0 Å². The minimum absolute atomic E-state index is 0.191. The van der Waals surface area contributed by atoms with E-state index in [1.807, 2.05) is 24.3 Å². The first-order chi connectivity index (χ1) is 16.3. The van der Waals surface area contributed by atoms with Gasteiger partial charge in [-0.25, -0.2) is 0 Å². The second-order valence-corrected chi connectivity index (χ2v) is 8.27. The Morgan fingerprint density at radius 2 is 2.06 bits per heavy atom. The predicted molar refractivity (Wildman–Crippen MR) is 125 cm³/mol. The van der Waals surface area contributed by atoms with Crippen molar-refractivity contribution >= 4 is 16.7 Å². The molecular weight excluding hydrogens is 416 g/mol. The van der Waals surface area contributed by atoms with Crippen LogP contribution in [-0.4, -0.2) is 47.1 Å². The summed E-state index contributed by atoms with van der Waals surface area (Å²) in [6.07, 6.45) is 4.68. The molecule has 7 heteroatoms. The monoisotopic (exact) mass is 442 g/mol. The molecule has 1 amide bonds. The van der Waals surface area contributed by atoms with Crippen LogP contribution in [0.25, 0.3) is 10.8 Å². The lowest BCUT2D eigenvalue weighted by atomic mass is 9.99. The normalized spacial score (nSPS) is 16.2. The molecule has 4 aromatic rings. The molecule has 0 aliphatic carbocycles. The molecule has 3 heterocycles. The molecular formula is C26H26N4O3. The highest BCUT2D eigenvalue weighted by atomic mass is 16.5. The van der Waals surface area contributed by atoms with Crippen molar-refractivity contribution in [2.75, 3.05) is 26.2 Å². The van der Waals surface area contributed by atoms with Crippen LogP contribution in [0.5, 0.6) is 5.75 Å². The van der Waals surface area contributed by atoms with Crippen LogP contribution in [0.4, 0.5) is 0 Å². The van der Waals surface area contributed by atoms with Gasteiger partial charge in [0.25, 0.3) is 5.91 Å². The number of amides is 1. The first-order valence-corrected chi connectivity index (χ1v) is 11.2. The number of nitrogens with one attached hydrogen (secondary N) is 1. The molecule has 0 radical (unpaired) electrons. The van der Waals surface area contributed by atoms with Crippen molar-refractivity contribution in [3.63, 3.8) is 0 Å². The second kappa shape index (κ2) is 9.83. The number of benzene rings is 2. The van der Waals surface area contributed by atoms with Crippen LogP contribution in [-0.2, 0) is 6.61 Å². The zero-order valence-corrected chi connectivity index (χ0v) is 18.3. The quantitative estimate of drug-likeness (QED) is 0.444. The van der Waals surface area contributed by atoms with E-state index in [0.29, 0.717) is 18.2 Å². The van der Waals surface area contributed by atoms with Gasteiger partial charge in [0.15, 0.2) is 11.5 Å². The fourth-order valence-electron chi connectivity index (χ4n) is 4.31. The molecule has 0 unspecified atom stereocenters. The number of ether oxygens (including phenoxy) is 1. The Balaban J connectivity index is 1.09. The number of hydrogen-bond donors (Lipinski definition) is 1. The first kappa shape index (κ1) is 21.2. The van der Waals surface area contributed by atoms with Gasteiger partial charge >= 0.3 is 0 Å². The van der Waals surface area contributed by atoms with Crippen molar-refractivity contribution in [2.24, 2.45) is 0 Å². The van der Waals surface area contributed by atoms with E-state index in [2.05, 4.69) is 50.7 Å². The maximum atomic E-state index is 12.5. The van der Waals surface area contributed by atoms with E-state index in [0.717, 1.165) is 42.6 Å². The number of hydrogen-bond acceptors (Lipinski definition) is 6. The van der Waals surface area contributed by atoms with E-state index in [1.165, 1.54) is 5.56 Å². The molecule has 0 bridgehead atoms. The summed E-state index contributed by atoms with van der Waals surface area (Å²) >= 11 is 0. The number of likely N-dealkylation sites (tertiary alicyclic amines) is 1. The van der Waals surface area contributed by atoms with Crippen molar-refractivity contribution < 1.29 is 14.1 Å². The number of nitrogens with zero attached hydrogens (tertiary/aromatic N) is 3. The molecule has 1 aliphatic rings. The summed E-state index contributed by atoms with van der Waals surface area (Å²) in [4.78, 5) is 19.0. The lowest BCUT2D eigenvalue weighted by molar-refractivity contribution is 0.0940. The Morgan fingerprint density at radius 3 is 2.97 bits per heavy atom. The summed E-state index contributed by atoms with van der Waals surface area (Å²) in [6.45, 7) is 3.65. The second-order valence-electron chi connectivity index (χ2n) is 8.27. The van der Waals surface area contributed by atoms with Gasteiger partial charge in [-0.2, -0.15) is 0 Å². The molecule has 7 nitrogen and oxygen atoms in total. The van der Waals surface area contributed by atoms with Gasteiger partial charge in [-0.05, 0) is 36.6 Å². The lowest BCUT2D eigenvalue weighted by Gasteiger charge is -2.16. The maximum absolute atomic E-state index is 12.5. The van der Waals surface area contributed by atoms with Gasteiger partial charge in [-0.1, -0.05) is 47.6 Å². The van der Waals surface area contributed by atoms with Gasteiger partial charge in [0.1, 0.15) is 12.4 Å². The average molecular weight is 443 g/mol. The molecule has 1 atom stereocenters. The molecule has 33 heavy (non-hydrogen) atoms. The summed E-state index contributed by atoms with van der Waals surface area (Å²) in [5.74, 6) is 1.56. The molecule has 1 aliphatic heterocycles. The van der Waals surface area contributed by atoms with Gasteiger partial charge < -0.3 is 19.5 Å². The van der Waals surface area contributed by atoms with Crippen LogP contribution in [0.15, 0.2) is 77.6 Å². The van der Waals surface area contributed by atoms with Gasteiger partial charge in [-0.15, -0.1) is 0 Å². The molecule has 1 saturated heterocycles. The largest absolute Gasteiger partial charge is 0.485 e. The lowest BCUT2D eigenvalue weighted by Crippen LogP contribution is -2.33. The molecule has 5 rings (SSSR count). The molecule has 2 aromatic heterocycles. The van der Waals surface area contributed by atoms with Crippen molar-refractivity contribution in [1.29, 1.82) is 0 Å². The molecule has 1 N–H and O–H groups in total. The SMILES string of the molecule is O=C(NCCN1CC[C@@H](c2ccccc2)C1)c1cc(COc2cccc3cnccc23)on1. The number of carbonyl (C=O) groups excluding carboxylic acids is 1. The molecule has 0 saturated carbocycles. The number of carbonyl (C=O) groups is 1. The number of aromatic nitrogens is 2. The summed E-state index contributed by atoms with van der Waals surface area (Å²) in [6, 6.07) is 20.0. The highest BCUT2D eigenvalue weighted by Gasteiger charge is 2.23. The minimum atomic E-state index is -0.236. The van der Waals surface area contributed by atoms with Crippen LogP contribution in [0.3, 0.4) is 0 Å². The van der Waals surface area contributed by atoms with Crippen molar-refractivity contribution in [3.05, 3.63) is 90.1 Å². The third kappa shape index (κ3) is 5.04. The standard InChI is InChI=1S/C26H26N4O3/c31-26(28-12-14-30-13-10-21(17-30)19-5-2-1-3-6-19)24-15-22(33-29-24)18-32-25-8-4-7-20-16-27-11-9-23(20)25/h1-9,11,15-16,21H,10,12-14,17-18H2,(H,28,31)/t21-/m1/s1. The van der Waals surface area contributed by atoms with E-state index in [9.17, 15) is 4.79 Å². The fraction of sp³-hybridized carbons (Fsp3) is 0.269. The van der Waals surface area contributed by atoms with E-state index < -0.39 is 0 Å². The van der Waals surface area contributed by atoms with E-state index in [-0.39, 0.29) is 18.2 Å². The Bertz CT molecular complexity index is 1220. The van der Waals surface area contributed by atoms with Gasteiger partial charge in [-0.3, -0.25) is 9.78 Å². The number of pyridine rings is 1. The zero-order chi connectivity index (χ0) is 22.5. The Labute approximate surface area is 192 Å². The van der Waals surface area contributed by atoms with Crippen LogP contribution in [0.1, 0.15) is 34.2 Å². The van der Waals surface area contributed by atoms with E-state index >= 15 is 0 Å². The van der Waals surface area contributed by atoms with Gasteiger partial charge in [0.2, 0.25) is 0 Å². The Morgan fingerprint density at radius 1 is 1.15 bits per heavy atom. The van der Waals surface area contributed by atoms with Crippen LogP contribution in [0.2, 0.25) is 0 Å². The van der Waals surface area contributed by atoms with Crippen LogP contribution >= 0.6 is 0 Å². The first-order valence-electron chi connectivity index (χ1n) is 11.2. The number of fused-ring (bicyclic) bond motifs is 1. The van der Waals surface area contributed by atoms with Crippen LogP contribution < -0.4 is 10.1 Å². The minimum Gasteiger partial charge on any atom is -0.485 e. The van der Waals surface area contributed by atoms with Crippen molar-refractivity contribution in [2.45, 2.75) is 18.9 Å². The number of rotatable bonds is 8. The van der Waals surface area contributed by atoms with E-state index in [4.69, 9.17) is 9.26 Å². The topological polar surface area (TPSA) is 80.5 Å². The highest BCUT2D eigenvalue weighted by molar-refractivity contribution is 5.92. The third-order valence-corrected chi connectivity index (χ3v) is 6.06. The Hall–Kier alpha value is -3.71. The Kier molecular flexibility index (Phi) is 6.30. The smallest absolute Gasteiger partial charge is 0.273 e. The molecule has 2 aromatic carbocycles. The third-order valence-electron chi connectivity index (χ3n) is 6.06. The maximum Gasteiger partial charge on any atom is 0.273 e. The molecule has 0 spiro atoms. The summed E-state index contributed by atoms with van der Waals surface area (Å²) in [7, 11) is 0. The van der Waals surface area contributed by atoms with Crippen LogP contribution in [0, 0.1) is 0 Å². The zero-order valence-electron chi connectivity index (χ0n) is 18.3. The van der Waals surface area contributed by atoms with E-state index in [1.54, 1.807) is 18.5 Å². The van der Waals surface area contributed by atoms with Crippen molar-refractivity contribution in [1.82, 2.24) is 20.4 Å². The molecule has 168 valence electrons. The van der Waals surface area contributed by atoms with Crippen molar-refractivity contribution in [3.8, 4) is 5.75 Å². The summed E-state index contributed by atoms with van der Waals surface area (Å²) in [5, 5.41) is 8.82. The molecule has 1 fully saturated rings. The fourth-order valence-corrected chi connectivity index (χ4v) is 4.31. The predicted octanol–water partition coefficient (Wildman–Crippen LogP) is 4.02. The summed E-state index contributed by atoms with van der Waals surface area (Å²) < 4.78 is 11.2. The average Bonchev–Trinajstić information content (AvgIpc) is 3.53. The van der Waals surface area contributed by atoms with Gasteiger partial charge in [0, 0.05) is 48.9 Å².